The number of fused-ring (bicyclic) bond motifs is 1. The van der Waals surface area contributed by atoms with Crippen molar-refractivity contribution in [1.29, 1.82) is 0 Å². The molecule has 1 unspecified atom stereocenters. The van der Waals surface area contributed by atoms with Gasteiger partial charge in [0.25, 0.3) is 5.91 Å². The summed E-state index contributed by atoms with van der Waals surface area (Å²) in [5.74, 6) is 0.334. The minimum atomic E-state index is -0.638. The van der Waals surface area contributed by atoms with Crippen molar-refractivity contribution >= 4 is 46.4 Å². The first-order valence-electron chi connectivity index (χ1n) is 10.1. The first kappa shape index (κ1) is 20.8. The maximum absolute atomic E-state index is 13.0. The van der Waals surface area contributed by atoms with Gasteiger partial charge < -0.3 is 19.9 Å². The molecule has 2 aliphatic rings. The highest BCUT2D eigenvalue weighted by Gasteiger charge is 2.34. The van der Waals surface area contributed by atoms with E-state index in [1.807, 2.05) is 34.1 Å². The summed E-state index contributed by atoms with van der Waals surface area (Å²) < 4.78 is 6.01. The number of piperidine rings is 1. The first-order valence-corrected chi connectivity index (χ1v) is 10.8. The number of ether oxygens (including phenoxy) is 1. The highest BCUT2D eigenvalue weighted by molar-refractivity contribution is 6.44. The second kappa shape index (κ2) is 9.14. The summed E-state index contributed by atoms with van der Waals surface area (Å²) in [5, 5.41) is 3.48. The maximum atomic E-state index is 13.0. The van der Waals surface area contributed by atoms with Crippen molar-refractivity contribution in [2.45, 2.75) is 25.4 Å². The van der Waals surface area contributed by atoms with Crippen molar-refractivity contribution in [1.82, 2.24) is 4.90 Å². The van der Waals surface area contributed by atoms with Crippen LogP contribution in [0.4, 0.5) is 11.4 Å². The van der Waals surface area contributed by atoms with Crippen molar-refractivity contribution in [3.63, 3.8) is 0 Å². The monoisotopic (exact) mass is 447 g/mol. The molecule has 0 bridgehead atoms. The van der Waals surface area contributed by atoms with Gasteiger partial charge in [-0.3, -0.25) is 9.59 Å². The Bertz CT molecular complexity index is 947. The molecular formula is C22H23Cl2N3O3. The summed E-state index contributed by atoms with van der Waals surface area (Å²) in [5.41, 5.74) is 1.24. The molecule has 2 amide bonds. The van der Waals surface area contributed by atoms with Crippen LogP contribution in [0.15, 0.2) is 42.5 Å². The summed E-state index contributed by atoms with van der Waals surface area (Å²) in [6.45, 7) is 1.89. The number of likely N-dealkylation sites (tertiary alicyclic amines) is 1. The summed E-state index contributed by atoms with van der Waals surface area (Å²) in [4.78, 5) is 29.5. The number of amides is 2. The molecule has 0 radical (unpaired) electrons. The van der Waals surface area contributed by atoms with Crippen molar-refractivity contribution < 1.29 is 14.3 Å². The van der Waals surface area contributed by atoms with E-state index in [1.165, 1.54) is 0 Å². The van der Waals surface area contributed by atoms with Gasteiger partial charge in [0.1, 0.15) is 5.75 Å². The lowest BCUT2D eigenvalue weighted by atomic mass is 10.1. The van der Waals surface area contributed by atoms with Gasteiger partial charge in [0, 0.05) is 13.1 Å². The molecule has 2 aliphatic heterocycles. The highest BCUT2D eigenvalue weighted by atomic mass is 35.5. The fourth-order valence-corrected chi connectivity index (χ4v) is 4.21. The lowest BCUT2D eigenvalue weighted by Gasteiger charge is -2.38. The molecule has 30 heavy (non-hydrogen) atoms. The van der Waals surface area contributed by atoms with Gasteiger partial charge in [0.15, 0.2) is 6.10 Å². The van der Waals surface area contributed by atoms with Crippen LogP contribution in [0.25, 0.3) is 0 Å². The second-order valence-electron chi connectivity index (χ2n) is 7.49. The molecule has 1 atom stereocenters. The van der Waals surface area contributed by atoms with E-state index in [0.29, 0.717) is 28.0 Å². The summed E-state index contributed by atoms with van der Waals surface area (Å²) in [7, 11) is 0. The molecule has 8 heteroatoms. The summed E-state index contributed by atoms with van der Waals surface area (Å²) >= 11 is 12.2. The molecule has 6 nitrogen and oxygen atoms in total. The number of carbonyl (C=O) groups is 2. The Labute approximate surface area is 185 Å². The van der Waals surface area contributed by atoms with Crippen molar-refractivity contribution in [3.05, 3.63) is 52.5 Å². The standard InChI is InChI=1S/C22H23Cl2N3O3/c23-15-7-6-8-16(21(15)24)25-20(28)14-27-13-19(22(29)26-11-4-1-5-12-26)30-18-10-3-2-9-17(18)27/h2-3,6-10,19H,1,4-5,11-14H2,(H,25,28). The molecule has 1 fully saturated rings. The van der Waals surface area contributed by atoms with Crippen molar-refractivity contribution in [3.8, 4) is 5.75 Å². The van der Waals surface area contributed by atoms with Gasteiger partial charge in [0.05, 0.1) is 34.5 Å². The van der Waals surface area contributed by atoms with Gasteiger partial charge in [0.2, 0.25) is 5.91 Å². The highest BCUT2D eigenvalue weighted by Crippen LogP contribution is 2.34. The average molecular weight is 448 g/mol. The van der Waals surface area contributed by atoms with Crippen LogP contribution in [0.1, 0.15) is 19.3 Å². The zero-order chi connectivity index (χ0) is 21.1. The zero-order valence-electron chi connectivity index (χ0n) is 16.4. The number of rotatable bonds is 4. The third-order valence-electron chi connectivity index (χ3n) is 5.36. The molecule has 4 rings (SSSR count). The Hall–Kier alpha value is -2.44. The normalized spacial score (nSPS) is 18.4. The molecule has 2 aromatic rings. The van der Waals surface area contributed by atoms with Crippen LogP contribution in [0, 0.1) is 0 Å². The van der Waals surface area contributed by atoms with Crippen LogP contribution < -0.4 is 15.0 Å². The lowest BCUT2D eigenvalue weighted by Crippen LogP contribution is -2.52. The number of carbonyl (C=O) groups excluding carboxylic acids is 2. The number of para-hydroxylation sites is 2. The van der Waals surface area contributed by atoms with E-state index in [2.05, 4.69) is 5.32 Å². The summed E-state index contributed by atoms with van der Waals surface area (Å²) in [6, 6.07) is 12.5. The lowest BCUT2D eigenvalue weighted by molar-refractivity contribution is -0.139. The van der Waals surface area contributed by atoms with E-state index in [0.717, 1.165) is 38.0 Å². The third-order valence-corrected chi connectivity index (χ3v) is 6.18. The molecular weight excluding hydrogens is 425 g/mol. The quantitative estimate of drug-likeness (QED) is 0.762. The van der Waals surface area contributed by atoms with Gasteiger partial charge in [-0.2, -0.15) is 0 Å². The fraction of sp³-hybridized carbons (Fsp3) is 0.364. The van der Waals surface area contributed by atoms with Crippen LogP contribution in [-0.2, 0) is 9.59 Å². The minimum Gasteiger partial charge on any atom is -0.477 e. The number of benzene rings is 2. The van der Waals surface area contributed by atoms with Crippen LogP contribution in [0.2, 0.25) is 10.0 Å². The smallest absolute Gasteiger partial charge is 0.265 e. The molecule has 0 aromatic heterocycles. The molecule has 2 heterocycles. The van der Waals surface area contributed by atoms with Crippen molar-refractivity contribution in [2.24, 2.45) is 0 Å². The van der Waals surface area contributed by atoms with E-state index in [9.17, 15) is 9.59 Å². The second-order valence-corrected chi connectivity index (χ2v) is 8.28. The third kappa shape index (κ3) is 4.50. The number of nitrogens with one attached hydrogen (secondary N) is 1. The maximum Gasteiger partial charge on any atom is 0.265 e. The molecule has 0 saturated carbocycles. The molecule has 0 aliphatic carbocycles. The average Bonchev–Trinajstić information content (AvgIpc) is 2.77. The van der Waals surface area contributed by atoms with Gasteiger partial charge in [-0.15, -0.1) is 0 Å². The van der Waals surface area contributed by atoms with E-state index >= 15 is 0 Å². The number of hydrogen-bond acceptors (Lipinski definition) is 4. The Morgan fingerprint density at radius 3 is 2.60 bits per heavy atom. The van der Waals surface area contributed by atoms with Crippen LogP contribution in [-0.4, -0.2) is 49.0 Å². The van der Waals surface area contributed by atoms with Gasteiger partial charge in [-0.25, -0.2) is 0 Å². The largest absolute Gasteiger partial charge is 0.477 e. The predicted molar refractivity (Wildman–Crippen MR) is 119 cm³/mol. The van der Waals surface area contributed by atoms with Gasteiger partial charge >= 0.3 is 0 Å². The van der Waals surface area contributed by atoms with Crippen LogP contribution in [0.5, 0.6) is 5.75 Å². The molecule has 1 N–H and O–H groups in total. The van der Waals surface area contributed by atoms with Crippen molar-refractivity contribution in [2.75, 3.05) is 36.4 Å². The Balaban J connectivity index is 1.50. The Morgan fingerprint density at radius 2 is 1.80 bits per heavy atom. The SMILES string of the molecule is O=C(CN1CC(C(=O)N2CCCCC2)Oc2ccccc21)Nc1cccc(Cl)c1Cl. The number of hydrogen-bond donors (Lipinski definition) is 1. The first-order chi connectivity index (χ1) is 14.5. The van der Waals surface area contributed by atoms with E-state index in [1.54, 1.807) is 18.2 Å². The Morgan fingerprint density at radius 1 is 1.03 bits per heavy atom. The predicted octanol–water partition coefficient (Wildman–Crippen LogP) is 4.21. The van der Waals surface area contributed by atoms with Gasteiger partial charge in [-0.1, -0.05) is 41.4 Å². The minimum absolute atomic E-state index is 0.0208. The topological polar surface area (TPSA) is 61.9 Å². The van der Waals surface area contributed by atoms with Crippen LogP contribution >= 0.6 is 23.2 Å². The number of nitrogens with zero attached hydrogens (tertiary/aromatic N) is 2. The summed E-state index contributed by atoms with van der Waals surface area (Å²) in [6.07, 6.45) is 2.54. The zero-order valence-corrected chi connectivity index (χ0v) is 18.0. The molecule has 0 spiro atoms. The van der Waals surface area contributed by atoms with Gasteiger partial charge in [-0.05, 0) is 43.5 Å². The number of anilines is 2. The van der Waals surface area contributed by atoms with E-state index in [-0.39, 0.29) is 18.4 Å². The molecule has 158 valence electrons. The number of halogens is 2. The molecule has 1 saturated heterocycles. The van der Waals surface area contributed by atoms with E-state index < -0.39 is 6.10 Å². The molecule has 2 aromatic carbocycles. The van der Waals surface area contributed by atoms with E-state index in [4.69, 9.17) is 27.9 Å². The Kier molecular flexibility index (Phi) is 6.35. The van der Waals surface area contributed by atoms with Crippen LogP contribution in [0.3, 0.4) is 0 Å². The fourth-order valence-electron chi connectivity index (χ4n) is 3.87.